The van der Waals surface area contributed by atoms with Gasteiger partial charge in [0.1, 0.15) is 5.69 Å². The van der Waals surface area contributed by atoms with Gasteiger partial charge >= 0.3 is 0 Å². The van der Waals surface area contributed by atoms with Crippen LogP contribution < -0.4 is 0 Å². The van der Waals surface area contributed by atoms with Crippen molar-refractivity contribution in [2.45, 2.75) is 25.6 Å². The predicted octanol–water partition coefficient (Wildman–Crippen LogP) is 3.46. The lowest BCUT2D eigenvalue weighted by molar-refractivity contribution is 0.00287. The fraction of sp³-hybridized carbons (Fsp3) is 0.286. The Balaban J connectivity index is 1.54. The average molecular weight is 362 g/mol. The monoisotopic (exact) mass is 362 g/mol. The molecule has 2 aromatic carbocycles. The number of carbonyl (C=O) groups is 1. The highest BCUT2D eigenvalue weighted by Crippen LogP contribution is 2.27. The normalized spacial score (nSPS) is 20.3. The number of benzene rings is 2. The Morgan fingerprint density at radius 1 is 1.07 bits per heavy atom. The summed E-state index contributed by atoms with van der Waals surface area (Å²) in [6.07, 6.45) is 0.678. The summed E-state index contributed by atoms with van der Waals surface area (Å²) in [6.45, 7) is 3.15. The first kappa shape index (κ1) is 17.4. The van der Waals surface area contributed by atoms with Crippen molar-refractivity contribution in [3.63, 3.8) is 0 Å². The molecule has 1 amide bonds. The number of hydrogen-bond donors (Lipinski definition) is 1. The molecule has 0 spiro atoms. The minimum Gasteiger partial charge on any atom is -0.369 e. The first-order chi connectivity index (χ1) is 13.2. The number of hydrogen-bond acceptors (Lipinski definition) is 4. The lowest BCUT2D eigenvalue weighted by Crippen LogP contribution is -2.36. The van der Waals surface area contributed by atoms with E-state index in [0.29, 0.717) is 24.5 Å². The Kier molecular flexibility index (Phi) is 4.98. The second-order valence-corrected chi connectivity index (χ2v) is 6.77. The molecule has 4 rings (SSSR count). The molecule has 0 radical (unpaired) electrons. The lowest BCUT2D eigenvalue weighted by atomic mass is 10.1. The highest BCUT2D eigenvalue weighted by atomic mass is 16.5. The molecule has 3 aromatic rings. The molecule has 2 unspecified atom stereocenters. The lowest BCUT2D eigenvalue weighted by Gasteiger charge is -2.21. The maximum absolute atomic E-state index is 13.1. The van der Waals surface area contributed by atoms with Crippen molar-refractivity contribution >= 4 is 5.91 Å². The van der Waals surface area contributed by atoms with E-state index >= 15 is 0 Å². The number of aromatic nitrogens is 3. The summed E-state index contributed by atoms with van der Waals surface area (Å²) in [4.78, 5) is 15.0. The van der Waals surface area contributed by atoms with Crippen LogP contribution in [-0.2, 0) is 4.74 Å². The summed E-state index contributed by atoms with van der Waals surface area (Å²) in [5.74, 6) is -0.119. The number of nitrogens with one attached hydrogen (secondary N) is 1. The number of rotatable bonds is 3. The predicted molar refractivity (Wildman–Crippen MR) is 102 cm³/mol. The summed E-state index contributed by atoms with van der Waals surface area (Å²) in [6, 6.07) is 19.8. The summed E-state index contributed by atoms with van der Waals surface area (Å²) < 4.78 is 6.17. The molecular weight excluding hydrogens is 340 g/mol. The number of ether oxygens (including phenoxy) is 1. The molecule has 0 saturated carbocycles. The fourth-order valence-corrected chi connectivity index (χ4v) is 3.49. The molecule has 1 fully saturated rings. The molecule has 1 aliphatic rings. The Morgan fingerprint density at radius 3 is 2.52 bits per heavy atom. The zero-order chi connectivity index (χ0) is 18.6. The number of carbonyl (C=O) groups excluding carboxylic acids is 1. The Bertz CT molecular complexity index is 895. The molecule has 2 atom stereocenters. The molecule has 2 heterocycles. The van der Waals surface area contributed by atoms with Crippen LogP contribution in [0.1, 0.15) is 35.5 Å². The number of amides is 1. The van der Waals surface area contributed by atoms with Gasteiger partial charge in [-0.3, -0.25) is 4.79 Å². The number of aromatic amines is 1. The first-order valence-electron chi connectivity index (χ1n) is 9.18. The van der Waals surface area contributed by atoms with E-state index in [1.54, 1.807) is 0 Å². The molecule has 1 saturated heterocycles. The summed E-state index contributed by atoms with van der Waals surface area (Å²) in [7, 11) is 0. The summed E-state index contributed by atoms with van der Waals surface area (Å²) >= 11 is 0. The Hall–Kier alpha value is -2.99. The van der Waals surface area contributed by atoms with E-state index in [4.69, 9.17) is 4.74 Å². The minimum absolute atomic E-state index is 0.00935. The van der Waals surface area contributed by atoms with Crippen molar-refractivity contribution in [2.75, 3.05) is 13.1 Å². The van der Waals surface area contributed by atoms with Crippen LogP contribution in [0.5, 0.6) is 0 Å². The molecule has 0 bridgehead atoms. The molecule has 138 valence electrons. The number of nitrogens with zero attached hydrogens (tertiary/aromatic N) is 3. The van der Waals surface area contributed by atoms with Gasteiger partial charge < -0.3 is 9.64 Å². The molecule has 6 heteroatoms. The molecule has 1 N–H and O–H groups in total. The van der Waals surface area contributed by atoms with E-state index in [2.05, 4.69) is 27.5 Å². The van der Waals surface area contributed by atoms with E-state index in [-0.39, 0.29) is 18.1 Å². The third-order valence-corrected chi connectivity index (χ3v) is 4.79. The molecule has 1 aromatic heterocycles. The van der Waals surface area contributed by atoms with Gasteiger partial charge in [0.25, 0.3) is 5.91 Å². The quantitative estimate of drug-likeness (QED) is 0.774. The van der Waals surface area contributed by atoms with Crippen LogP contribution in [-0.4, -0.2) is 45.4 Å². The SMILES string of the molecule is CC1CN(C(=O)c2n[nH]nc2-c2ccccc2)CCC(c2ccccc2)O1. The van der Waals surface area contributed by atoms with Gasteiger partial charge in [-0.25, -0.2) is 0 Å². The van der Waals surface area contributed by atoms with Crippen LogP contribution in [0.25, 0.3) is 11.3 Å². The van der Waals surface area contributed by atoms with E-state index in [1.165, 1.54) is 0 Å². The van der Waals surface area contributed by atoms with E-state index in [1.807, 2.05) is 60.4 Å². The van der Waals surface area contributed by atoms with Gasteiger partial charge in [-0.1, -0.05) is 60.7 Å². The van der Waals surface area contributed by atoms with Crippen molar-refractivity contribution in [3.8, 4) is 11.3 Å². The standard InChI is InChI=1S/C21H22N4O2/c1-15-14-25(13-12-18(27-15)16-8-4-2-5-9-16)21(26)20-19(22-24-23-20)17-10-6-3-7-11-17/h2-11,15,18H,12-14H2,1H3,(H,22,23,24). The van der Waals surface area contributed by atoms with Crippen LogP contribution in [0, 0.1) is 0 Å². The second-order valence-electron chi connectivity index (χ2n) is 6.77. The minimum atomic E-state index is -0.119. The van der Waals surface area contributed by atoms with Gasteiger partial charge in [0, 0.05) is 18.7 Å². The van der Waals surface area contributed by atoms with Crippen molar-refractivity contribution in [2.24, 2.45) is 0 Å². The van der Waals surface area contributed by atoms with Gasteiger partial charge in [-0.2, -0.15) is 15.4 Å². The van der Waals surface area contributed by atoms with Crippen molar-refractivity contribution in [1.82, 2.24) is 20.3 Å². The topological polar surface area (TPSA) is 71.1 Å². The summed E-state index contributed by atoms with van der Waals surface area (Å²) in [5, 5.41) is 10.9. The van der Waals surface area contributed by atoms with Gasteiger partial charge in [0.15, 0.2) is 5.69 Å². The van der Waals surface area contributed by atoms with Gasteiger partial charge in [0.2, 0.25) is 0 Å². The fourth-order valence-electron chi connectivity index (χ4n) is 3.49. The van der Waals surface area contributed by atoms with Gasteiger partial charge in [0.05, 0.1) is 12.2 Å². The average Bonchev–Trinajstić information content (AvgIpc) is 3.12. The second kappa shape index (κ2) is 7.72. The maximum atomic E-state index is 13.1. The smallest absolute Gasteiger partial charge is 0.276 e. The van der Waals surface area contributed by atoms with Crippen LogP contribution in [0.2, 0.25) is 0 Å². The molecule has 1 aliphatic heterocycles. The van der Waals surface area contributed by atoms with Crippen molar-refractivity contribution in [3.05, 3.63) is 71.9 Å². The van der Waals surface area contributed by atoms with Crippen molar-refractivity contribution in [1.29, 1.82) is 0 Å². The van der Waals surface area contributed by atoms with E-state index < -0.39 is 0 Å². The number of H-pyrrole nitrogens is 1. The van der Waals surface area contributed by atoms with Crippen LogP contribution in [0.15, 0.2) is 60.7 Å². The zero-order valence-corrected chi connectivity index (χ0v) is 15.2. The van der Waals surface area contributed by atoms with E-state index in [0.717, 1.165) is 17.5 Å². The zero-order valence-electron chi connectivity index (χ0n) is 15.2. The third-order valence-electron chi connectivity index (χ3n) is 4.79. The van der Waals surface area contributed by atoms with Crippen molar-refractivity contribution < 1.29 is 9.53 Å². The molecule has 6 nitrogen and oxygen atoms in total. The maximum Gasteiger partial charge on any atom is 0.276 e. The van der Waals surface area contributed by atoms with Gasteiger partial charge in [-0.05, 0) is 18.9 Å². The summed E-state index contributed by atoms with van der Waals surface area (Å²) in [5.41, 5.74) is 2.95. The highest BCUT2D eigenvalue weighted by Gasteiger charge is 2.29. The molecular formula is C21H22N4O2. The largest absolute Gasteiger partial charge is 0.369 e. The van der Waals surface area contributed by atoms with Crippen LogP contribution in [0.3, 0.4) is 0 Å². The molecule has 27 heavy (non-hydrogen) atoms. The van der Waals surface area contributed by atoms with E-state index in [9.17, 15) is 4.79 Å². The third kappa shape index (κ3) is 3.75. The van der Waals surface area contributed by atoms with Crippen LogP contribution >= 0.6 is 0 Å². The first-order valence-corrected chi connectivity index (χ1v) is 9.18. The highest BCUT2D eigenvalue weighted by molar-refractivity contribution is 5.97. The Morgan fingerprint density at radius 2 is 1.78 bits per heavy atom. The van der Waals surface area contributed by atoms with Crippen LogP contribution in [0.4, 0.5) is 0 Å². The van der Waals surface area contributed by atoms with Gasteiger partial charge in [-0.15, -0.1) is 0 Å². The Labute approximate surface area is 158 Å². The molecule has 0 aliphatic carbocycles.